The third-order valence-corrected chi connectivity index (χ3v) is 3.44. The van der Waals surface area contributed by atoms with Gasteiger partial charge < -0.3 is 10.6 Å². The number of anilines is 1. The predicted octanol–water partition coefficient (Wildman–Crippen LogP) is 3.06. The van der Waals surface area contributed by atoms with Crippen LogP contribution in [0.1, 0.15) is 31.1 Å². The van der Waals surface area contributed by atoms with E-state index < -0.39 is 4.92 Å². The molecule has 0 aliphatic carbocycles. The highest BCUT2D eigenvalue weighted by Crippen LogP contribution is 2.33. The lowest BCUT2D eigenvalue weighted by atomic mass is 10.1. The van der Waals surface area contributed by atoms with Crippen molar-refractivity contribution in [2.45, 2.75) is 26.8 Å². The molecule has 0 radical (unpaired) electrons. The van der Waals surface area contributed by atoms with Crippen LogP contribution in [-0.2, 0) is 0 Å². The van der Waals surface area contributed by atoms with Crippen molar-refractivity contribution in [2.75, 3.05) is 12.4 Å². The van der Waals surface area contributed by atoms with Crippen LogP contribution in [0.4, 0.5) is 11.4 Å². The average Bonchev–Trinajstić information content (AvgIpc) is 2.37. The first-order valence-corrected chi connectivity index (χ1v) is 6.62. The van der Waals surface area contributed by atoms with Gasteiger partial charge in [0.2, 0.25) is 0 Å². The number of carbonyl (C=O) groups excluding carboxylic acids is 1. The van der Waals surface area contributed by atoms with Gasteiger partial charge in [0.15, 0.2) is 0 Å². The minimum atomic E-state index is -0.569. The van der Waals surface area contributed by atoms with Crippen molar-refractivity contribution in [3.05, 3.63) is 32.8 Å². The maximum absolute atomic E-state index is 12.1. The summed E-state index contributed by atoms with van der Waals surface area (Å²) in [5.74, 6) is -0.111. The topological polar surface area (TPSA) is 84.3 Å². The Bertz CT molecular complexity index is 532. The summed E-state index contributed by atoms with van der Waals surface area (Å²) in [6.07, 6.45) is 0. The third kappa shape index (κ3) is 3.60. The largest absolute Gasteiger partial charge is 0.381 e. The predicted molar refractivity (Wildman–Crippen MR) is 79.4 cm³/mol. The van der Waals surface area contributed by atoms with E-state index >= 15 is 0 Å². The Labute approximate surface area is 122 Å². The van der Waals surface area contributed by atoms with E-state index in [9.17, 15) is 14.9 Å². The molecule has 1 aromatic carbocycles. The number of amides is 1. The molecule has 110 valence electrons. The molecule has 0 aliphatic heterocycles. The first-order valence-electron chi connectivity index (χ1n) is 6.24. The molecule has 6 nitrogen and oxygen atoms in total. The first-order chi connectivity index (χ1) is 9.27. The quantitative estimate of drug-likeness (QED) is 0.646. The number of nitro benzene ring substituents is 1. The standard InChI is InChI=1S/C13H18ClN3O3/c1-7(2)8(3)16-13(18)9-5-10(14)12(15-4)11(6-9)17(19)20/h5-8,15H,1-4H3,(H,16,18). The Morgan fingerprint density at radius 1 is 1.35 bits per heavy atom. The first kappa shape index (κ1) is 16.2. The highest BCUT2D eigenvalue weighted by Gasteiger charge is 2.21. The molecule has 0 saturated carbocycles. The monoisotopic (exact) mass is 299 g/mol. The van der Waals surface area contributed by atoms with Crippen LogP contribution in [0, 0.1) is 16.0 Å². The maximum Gasteiger partial charge on any atom is 0.294 e. The smallest absolute Gasteiger partial charge is 0.294 e. The van der Waals surface area contributed by atoms with Crippen LogP contribution in [0.25, 0.3) is 0 Å². The molecule has 0 bridgehead atoms. The molecule has 2 N–H and O–H groups in total. The fraction of sp³-hybridized carbons (Fsp3) is 0.462. The molecule has 0 aromatic heterocycles. The van der Waals surface area contributed by atoms with Crippen LogP contribution in [-0.4, -0.2) is 23.9 Å². The fourth-order valence-electron chi connectivity index (χ4n) is 1.57. The zero-order valence-electron chi connectivity index (χ0n) is 11.9. The summed E-state index contributed by atoms with van der Waals surface area (Å²) >= 11 is 5.97. The van der Waals surface area contributed by atoms with E-state index in [1.807, 2.05) is 20.8 Å². The van der Waals surface area contributed by atoms with Crippen LogP contribution < -0.4 is 10.6 Å². The van der Waals surface area contributed by atoms with Gasteiger partial charge in [-0.1, -0.05) is 25.4 Å². The molecule has 1 rings (SSSR count). The molecule has 0 aliphatic rings. The van der Waals surface area contributed by atoms with Crippen molar-refractivity contribution in [3.8, 4) is 0 Å². The third-order valence-electron chi connectivity index (χ3n) is 3.14. The Morgan fingerprint density at radius 3 is 2.40 bits per heavy atom. The van der Waals surface area contributed by atoms with Crippen molar-refractivity contribution in [1.82, 2.24) is 5.32 Å². The maximum atomic E-state index is 12.1. The lowest BCUT2D eigenvalue weighted by Crippen LogP contribution is -2.36. The van der Waals surface area contributed by atoms with Crippen LogP contribution >= 0.6 is 11.6 Å². The summed E-state index contributed by atoms with van der Waals surface area (Å²) in [5.41, 5.74) is 0.153. The average molecular weight is 300 g/mol. The number of benzene rings is 1. The number of carbonyl (C=O) groups is 1. The van der Waals surface area contributed by atoms with Crippen LogP contribution in [0.2, 0.25) is 5.02 Å². The fourth-order valence-corrected chi connectivity index (χ4v) is 1.88. The van der Waals surface area contributed by atoms with Crippen LogP contribution in [0.5, 0.6) is 0 Å². The summed E-state index contributed by atoms with van der Waals surface area (Å²) in [6, 6.07) is 2.60. The van der Waals surface area contributed by atoms with Crippen molar-refractivity contribution in [1.29, 1.82) is 0 Å². The van der Waals surface area contributed by atoms with E-state index in [2.05, 4.69) is 10.6 Å². The molecule has 1 atom stereocenters. The van der Waals surface area contributed by atoms with Crippen molar-refractivity contribution in [2.24, 2.45) is 5.92 Å². The van der Waals surface area contributed by atoms with Crippen molar-refractivity contribution in [3.63, 3.8) is 0 Å². The van der Waals surface area contributed by atoms with Gasteiger partial charge in [-0.25, -0.2) is 0 Å². The lowest BCUT2D eigenvalue weighted by Gasteiger charge is -2.17. The summed E-state index contributed by atoms with van der Waals surface area (Å²) < 4.78 is 0. The zero-order chi connectivity index (χ0) is 15.4. The Hall–Kier alpha value is -1.82. The van der Waals surface area contributed by atoms with E-state index in [-0.39, 0.29) is 39.8 Å². The van der Waals surface area contributed by atoms with Gasteiger partial charge in [-0.2, -0.15) is 0 Å². The number of halogens is 1. The molecular formula is C13H18ClN3O3. The SMILES string of the molecule is CNc1c(Cl)cc(C(=O)NC(C)C(C)C)cc1[N+](=O)[O-]. The molecule has 0 saturated heterocycles. The second kappa shape index (κ2) is 6.56. The highest BCUT2D eigenvalue weighted by molar-refractivity contribution is 6.34. The molecule has 0 fully saturated rings. The number of hydrogen-bond donors (Lipinski definition) is 2. The molecular weight excluding hydrogens is 282 g/mol. The normalized spacial score (nSPS) is 12.1. The van der Waals surface area contributed by atoms with Gasteiger partial charge >= 0.3 is 0 Å². The van der Waals surface area contributed by atoms with Gasteiger partial charge in [-0.05, 0) is 18.9 Å². The number of nitrogens with zero attached hydrogens (tertiary/aromatic N) is 1. The molecule has 20 heavy (non-hydrogen) atoms. The van der Waals surface area contributed by atoms with Crippen molar-refractivity contribution < 1.29 is 9.72 Å². The summed E-state index contributed by atoms with van der Waals surface area (Å²) in [7, 11) is 1.54. The van der Waals surface area contributed by atoms with Gasteiger partial charge in [0.05, 0.1) is 9.95 Å². The molecule has 1 aromatic rings. The van der Waals surface area contributed by atoms with Crippen LogP contribution in [0.15, 0.2) is 12.1 Å². The number of hydrogen-bond acceptors (Lipinski definition) is 4. The van der Waals surface area contributed by atoms with Gasteiger partial charge in [-0.15, -0.1) is 0 Å². The second-order valence-corrected chi connectivity index (χ2v) is 5.27. The van der Waals surface area contributed by atoms with Gasteiger partial charge in [0, 0.05) is 24.7 Å². The molecule has 1 amide bonds. The number of rotatable bonds is 5. The van der Waals surface area contributed by atoms with Crippen molar-refractivity contribution >= 4 is 28.9 Å². The summed E-state index contributed by atoms with van der Waals surface area (Å²) in [5, 5.41) is 16.6. The lowest BCUT2D eigenvalue weighted by molar-refractivity contribution is -0.383. The van der Waals surface area contributed by atoms with E-state index in [0.29, 0.717) is 0 Å². The summed E-state index contributed by atoms with van der Waals surface area (Å²) in [4.78, 5) is 22.5. The molecule has 0 spiro atoms. The van der Waals surface area contributed by atoms with E-state index in [1.54, 1.807) is 0 Å². The summed E-state index contributed by atoms with van der Waals surface area (Å²) in [6.45, 7) is 5.83. The second-order valence-electron chi connectivity index (χ2n) is 4.87. The molecule has 1 unspecified atom stereocenters. The van der Waals surface area contributed by atoms with Gasteiger partial charge in [-0.3, -0.25) is 14.9 Å². The van der Waals surface area contributed by atoms with E-state index in [4.69, 9.17) is 11.6 Å². The Morgan fingerprint density at radius 2 is 1.95 bits per heavy atom. The molecule has 0 heterocycles. The Kier molecular flexibility index (Phi) is 5.33. The number of nitrogens with one attached hydrogen (secondary N) is 2. The van der Waals surface area contributed by atoms with E-state index in [1.165, 1.54) is 19.2 Å². The minimum absolute atomic E-state index is 0.0377. The minimum Gasteiger partial charge on any atom is -0.381 e. The van der Waals surface area contributed by atoms with Gasteiger partial charge in [0.25, 0.3) is 11.6 Å². The zero-order valence-corrected chi connectivity index (χ0v) is 12.6. The Balaban J connectivity index is 3.14. The highest BCUT2D eigenvalue weighted by atomic mass is 35.5. The number of nitro groups is 1. The van der Waals surface area contributed by atoms with E-state index in [0.717, 1.165) is 0 Å². The van der Waals surface area contributed by atoms with Gasteiger partial charge in [0.1, 0.15) is 5.69 Å². The molecule has 7 heteroatoms. The van der Waals surface area contributed by atoms with Crippen LogP contribution in [0.3, 0.4) is 0 Å².